The molecule has 0 spiro atoms. The quantitative estimate of drug-likeness (QED) is 0.433. The molecule has 0 amide bonds. The van der Waals surface area contributed by atoms with Crippen LogP contribution in [0.3, 0.4) is 0 Å². The zero-order valence-corrected chi connectivity index (χ0v) is 6.06. The van der Waals surface area contributed by atoms with Gasteiger partial charge in [0.15, 0.2) is 0 Å². The molecule has 0 N–H and O–H groups in total. The van der Waals surface area contributed by atoms with Crippen molar-refractivity contribution in [2.45, 2.75) is 32.6 Å². The second-order valence-electron chi connectivity index (χ2n) is 3.44. The summed E-state index contributed by atoms with van der Waals surface area (Å²) in [5, 5.41) is 0. The van der Waals surface area contributed by atoms with E-state index in [0.717, 1.165) is 11.8 Å². The van der Waals surface area contributed by atoms with Crippen molar-refractivity contribution in [3.63, 3.8) is 0 Å². The van der Waals surface area contributed by atoms with Crippen molar-refractivity contribution in [3.8, 4) is 0 Å². The van der Waals surface area contributed by atoms with Gasteiger partial charge in [-0.1, -0.05) is 11.6 Å². The van der Waals surface area contributed by atoms with Gasteiger partial charge in [-0.2, -0.15) is 0 Å². The third kappa shape index (κ3) is 0.726. The third-order valence-electron chi connectivity index (χ3n) is 2.96. The molecule has 0 saturated heterocycles. The number of fused-ring (bicyclic) bond motifs is 2. The van der Waals surface area contributed by atoms with Crippen LogP contribution in [-0.4, -0.2) is 0 Å². The average Bonchev–Trinajstić information content (AvgIpc) is 2.45. The van der Waals surface area contributed by atoms with Crippen LogP contribution >= 0.6 is 0 Å². The van der Waals surface area contributed by atoms with E-state index < -0.39 is 0 Å². The first kappa shape index (κ1) is 5.52. The summed E-state index contributed by atoms with van der Waals surface area (Å²) in [5.41, 5.74) is 1.76. The van der Waals surface area contributed by atoms with Crippen molar-refractivity contribution in [2.75, 3.05) is 0 Å². The van der Waals surface area contributed by atoms with Crippen LogP contribution in [0.4, 0.5) is 0 Å². The van der Waals surface area contributed by atoms with Gasteiger partial charge in [0, 0.05) is 0 Å². The van der Waals surface area contributed by atoms with Crippen LogP contribution < -0.4 is 0 Å². The molecule has 2 unspecified atom stereocenters. The monoisotopic (exact) mass is 122 g/mol. The standard InChI is InChI=1S/C9H14/c1-2-8-5-7-3-4-9(8)6-7/h2,7,9H,3-6H2,1H3/b8-2+. The van der Waals surface area contributed by atoms with Crippen LogP contribution in [0, 0.1) is 11.8 Å². The Labute approximate surface area is 57.0 Å². The zero-order valence-electron chi connectivity index (χ0n) is 6.06. The smallest absolute Gasteiger partial charge is 0.0200 e. The SMILES string of the molecule is C/C=C1\CC2CCC1C2. The summed E-state index contributed by atoms with van der Waals surface area (Å²) in [6.45, 7) is 2.19. The van der Waals surface area contributed by atoms with Crippen molar-refractivity contribution in [1.82, 2.24) is 0 Å². The van der Waals surface area contributed by atoms with Gasteiger partial charge in [0.2, 0.25) is 0 Å². The Morgan fingerprint density at radius 1 is 1.44 bits per heavy atom. The molecule has 2 aliphatic carbocycles. The summed E-state index contributed by atoms with van der Waals surface area (Å²) < 4.78 is 0. The molecule has 2 rings (SSSR count). The van der Waals surface area contributed by atoms with Crippen LogP contribution in [0.2, 0.25) is 0 Å². The lowest BCUT2D eigenvalue weighted by atomic mass is 9.95. The molecule has 50 valence electrons. The van der Waals surface area contributed by atoms with Crippen LogP contribution in [0.15, 0.2) is 11.6 Å². The minimum absolute atomic E-state index is 1.01. The van der Waals surface area contributed by atoms with Gasteiger partial charge in [0.1, 0.15) is 0 Å². The predicted octanol–water partition coefficient (Wildman–Crippen LogP) is 2.75. The Morgan fingerprint density at radius 2 is 2.33 bits per heavy atom. The number of hydrogen-bond donors (Lipinski definition) is 0. The van der Waals surface area contributed by atoms with Crippen molar-refractivity contribution >= 4 is 0 Å². The Hall–Kier alpha value is -0.260. The van der Waals surface area contributed by atoms with E-state index in [9.17, 15) is 0 Å². The average molecular weight is 122 g/mol. The molecule has 2 aliphatic rings. The fourth-order valence-electron chi connectivity index (χ4n) is 2.45. The predicted molar refractivity (Wildman–Crippen MR) is 39.2 cm³/mol. The Bertz CT molecular complexity index is 144. The highest BCUT2D eigenvalue weighted by Gasteiger charge is 2.34. The van der Waals surface area contributed by atoms with E-state index in [1.54, 1.807) is 5.57 Å². The van der Waals surface area contributed by atoms with E-state index >= 15 is 0 Å². The van der Waals surface area contributed by atoms with E-state index in [1.807, 2.05) is 0 Å². The summed E-state index contributed by atoms with van der Waals surface area (Å²) >= 11 is 0. The van der Waals surface area contributed by atoms with Crippen LogP contribution in [-0.2, 0) is 0 Å². The highest BCUT2D eigenvalue weighted by molar-refractivity contribution is 5.15. The fourth-order valence-corrected chi connectivity index (χ4v) is 2.45. The number of rotatable bonds is 0. The highest BCUT2D eigenvalue weighted by atomic mass is 14.4. The van der Waals surface area contributed by atoms with Gasteiger partial charge in [-0.15, -0.1) is 0 Å². The summed E-state index contributed by atoms with van der Waals surface area (Å²) in [7, 11) is 0. The first-order valence-electron chi connectivity index (χ1n) is 4.05. The molecule has 0 radical (unpaired) electrons. The number of allylic oxidation sites excluding steroid dienone is 2. The first-order valence-corrected chi connectivity index (χ1v) is 4.05. The molecule has 2 atom stereocenters. The fraction of sp³-hybridized carbons (Fsp3) is 0.778. The maximum absolute atomic E-state index is 2.34. The van der Waals surface area contributed by atoms with Gasteiger partial charge >= 0.3 is 0 Å². The minimum Gasteiger partial charge on any atom is -0.0882 e. The first-order chi connectivity index (χ1) is 4.40. The minimum atomic E-state index is 1.01. The lowest BCUT2D eigenvalue weighted by Gasteiger charge is -2.11. The molecule has 0 aromatic rings. The van der Waals surface area contributed by atoms with Crippen LogP contribution in [0.25, 0.3) is 0 Å². The molecule has 2 bridgehead atoms. The van der Waals surface area contributed by atoms with Crippen molar-refractivity contribution in [2.24, 2.45) is 11.8 Å². The summed E-state index contributed by atoms with van der Waals surface area (Å²) in [5.74, 6) is 2.10. The van der Waals surface area contributed by atoms with Crippen molar-refractivity contribution in [1.29, 1.82) is 0 Å². The van der Waals surface area contributed by atoms with Gasteiger partial charge in [-0.25, -0.2) is 0 Å². The van der Waals surface area contributed by atoms with Crippen molar-refractivity contribution in [3.05, 3.63) is 11.6 Å². The van der Waals surface area contributed by atoms with E-state index in [-0.39, 0.29) is 0 Å². The largest absolute Gasteiger partial charge is 0.0882 e. The van der Waals surface area contributed by atoms with Gasteiger partial charge < -0.3 is 0 Å². The lowest BCUT2D eigenvalue weighted by molar-refractivity contribution is 0.560. The normalized spacial score (nSPS) is 44.8. The molecule has 0 aliphatic heterocycles. The molecule has 0 aromatic heterocycles. The molecule has 2 fully saturated rings. The number of hydrogen-bond acceptors (Lipinski definition) is 0. The van der Waals surface area contributed by atoms with Crippen LogP contribution in [0.1, 0.15) is 32.6 Å². The highest BCUT2D eigenvalue weighted by Crippen LogP contribution is 2.47. The lowest BCUT2D eigenvalue weighted by Crippen LogP contribution is -1.96. The Morgan fingerprint density at radius 3 is 2.67 bits per heavy atom. The topological polar surface area (TPSA) is 0 Å². The second kappa shape index (κ2) is 1.86. The van der Waals surface area contributed by atoms with E-state index in [0.29, 0.717) is 0 Å². The van der Waals surface area contributed by atoms with E-state index in [4.69, 9.17) is 0 Å². The summed E-state index contributed by atoms with van der Waals surface area (Å²) in [6.07, 6.45) is 8.29. The van der Waals surface area contributed by atoms with Gasteiger partial charge in [-0.3, -0.25) is 0 Å². The van der Waals surface area contributed by atoms with Gasteiger partial charge in [0.25, 0.3) is 0 Å². The van der Waals surface area contributed by atoms with E-state index in [2.05, 4.69) is 13.0 Å². The van der Waals surface area contributed by atoms with E-state index in [1.165, 1.54) is 25.7 Å². The molecular formula is C9H14. The molecular weight excluding hydrogens is 108 g/mol. The second-order valence-corrected chi connectivity index (χ2v) is 3.44. The Kier molecular flexibility index (Phi) is 1.14. The summed E-state index contributed by atoms with van der Waals surface area (Å²) in [6, 6.07) is 0. The third-order valence-corrected chi connectivity index (χ3v) is 2.96. The molecule has 2 saturated carbocycles. The maximum Gasteiger partial charge on any atom is -0.0200 e. The zero-order chi connectivity index (χ0) is 6.27. The molecule has 0 heterocycles. The molecule has 0 aromatic carbocycles. The maximum atomic E-state index is 2.34. The molecule has 9 heavy (non-hydrogen) atoms. The molecule has 0 heteroatoms. The summed E-state index contributed by atoms with van der Waals surface area (Å²) in [4.78, 5) is 0. The Balaban J connectivity index is 2.18. The van der Waals surface area contributed by atoms with Gasteiger partial charge in [0.05, 0.1) is 0 Å². The van der Waals surface area contributed by atoms with Crippen molar-refractivity contribution < 1.29 is 0 Å². The van der Waals surface area contributed by atoms with Gasteiger partial charge in [-0.05, 0) is 44.4 Å². The molecule has 0 nitrogen and oxygen atoms in total. The van der Waals surface area contributed by atoms with Crippen LogP contribution in [0.5, 0.6) is 0 Å².